The van der Waals surface area contributed by atoms with Crippen molar-refractivity contribution in [2.24, 2.45) is 5.92 Å². The summed E-state index contributed by atoms with van der Waals surface area (Å²) in [4.78, 5) is 35.1. The first-order valence-electron chi connectivity index (χ1n) is 9.87. The second-order valence-electron chi connectivity index (χ2n) is 7.33. The third kappa shape index (κ3) is 6.05. The zero-order valence-corrected chi connectivity index (χ0v) is 17.7. The Balaban J connectivity index is 2.20. The molecular weight excluding hydrogens is 429 g/mol. The number of nitro benzene ring substituents is 1. The predicted molar refractivity (Wildman–Crippen MR) is 111 cm³/mol. The van der Waals surface area contributed by atoms with Crippen molar-refractivity contribution >= 4 is 23.3 Å². The molecule has 172 valence electrons. The molecule has 0 aromatic heterocycles. The van der Waals surface area contributed by atoms with Crippen LogP contribution >= 0.6 is 0 Å². The number of rotatable bonds is 8. The summed E-state index contributed by atoms with van der Waals surface area (Å²) in [7, 11) is 0. The fourth-order valence-corrected chi connectivity index (χ4v) is 3.12. The van der Waals surface area contributed by atoms with E-state index in [2.05, 4.69) is 5.32 Å². The van der Waals surface area contributed by atoms with E-state index in [9.17, 15) is 32.9 Å². The molecule has 0 fully saturated rings. The van der Waals surface area contributed by atoms with E-state index >= 15 is 0 Å². The summed E-state index contributed by atoms with van der Waals surface area (Å²) in [6, 6.07) is 10.8. The van der Waals surface area contributed by atoms with Gasteiger partial charge in [0.25, 0.3) is 11.6 Å². The van der Waals surface area contributed by atoms with E-state index in [1.54, 1.807) is 30.3 Å². The van der Waals surface area contributed by atoms with Gasteiger partial charge in [0.2, 0.25) is 0 Å². The Morgan fingerprint density at radius 3 is 2.28 bits per heavy atom. The third-order valence-electron chi connectivity index (χ3n) is 5.07. The van der Waals surface area contributed by atoms with Crippen LogP contribution in [0, 0.1) is 16.0 Å². The quantitative estimate of drug-likeness (QED) is 0.332. The normalized spacial score (nSPS) is 14.2. The van der Waals surface area contributed by atoms with Crippen molar-refractivity contribution in [2.75, 3.05) is 5.32 Å². The van der Waals surface area contributed by atoms with Crippen molar-refractivity contribution in [3.8, 4) is 0 Å². The van der Waals surface area contributed by atoms with Crippen LogP contribution in [0.4, 0.5) is 24.5 Å². The molecule has 32 heavy (non-hydrogen) atoms. The number of ether oxygens (including phenoxy) is 1. The Hall–Kier alpha value is -3.43. The molecule has 0 saturated carbocycles. The molecule has 1 N–H and O–H groups in total. The number of anilines is 1. The Morgan fingerprint density at radius 1 is 1.12 bits per heavy atom. The molecule has 0 radical (unpaired) electrons. The highest BCUT2D eigenvalue weighted by atomic mass is 19.4. The Morgan fingerprint density at radius 2 is 1.75 bits per heavy atom. The highest BCUT2D eigenvalue weighted by Gasteiger charge is 2.36. The van der Waals surface area contributed by atoms with Gasteiger partial charge in [0.15, 0.2) is 6.10 Å². The Bertz CT molecular complexity index is 979. The lowest BCUT2D eigenvalue weighted by Crippen LogP contribution is -2.33. The van der Waals surface area contributed by atoms with E-state index in [-0.39, 0.29) is 5.92 Å². The third-order valence-corrected chi connectivity index (χ3v) is 5.07. The smallest absolute Gasteiger partial charge is 0.418 e. The van der Waals surface area contributed by atoms with Crippen molar-refractivity contribution < 1.29 is 32.4 Å². The maximum Gasteiger partial charge on any atom is 0.418 e. The van der Waals surface area contributed by atoms with Crippen LogP contribution in [0.15, 0.2) is 48.5 Å². The van der Waals surface area contributed by atoms with Gasteiger partial charge in [-0.1, -0.05) is 50.6 Å². The topological polar surface area (TPSA) is 98.5 Å². The molecular formula is C22H23F3N2O5. The number of non-ortho nitro benzene ring substituents is 1. The largest absolute Gasteiger partial charge is 0.452 e. The van der Waals surface area contributed by atoms with Crippen molar-refractivity contribution in [3.63, 3.8) is 0 Å². The molecule has 0 bridgehead atoms. The van der Waals surface area contributed by atoms with E-state index < -0.39 is 51.9 Å². The van der Waals surface area contributed by atoms with Crippen molar-refractivity contribution in [1.82, 2.24) is 0 Å². The van der Waals surface area contributed by atoms with Crippen LogP contribution < -0.4 is 5.32 Å². The molecule has 0 saturated heterocycles. The van der Waals surface area contributed by atoms with Crippen LogP contribution in [-0.4, -0.2) is 22.9 Å². The van der Waals surface area contributed by atoms with E-state index in [4.69, 9.17) is 4.74 Å². The molecule has 3 unspecified atom stereocenters. The fourth-order valence-electron chi connectivity index (χ4n) is 3.12. The van der Waals surface area contributed by atoms with Crippen molar-refractivity contribution in [1.29, 1.82) is 0 Å². The number of esters is 1. The molecule has 2 rings (SSSR count). The van der Waals surface area contributed by atoms with E-state index in [1.807, 2.05) is 13.8 Å². The van der Waals surface area contributed by atoms with Crippen LogP contribution in [0.2, 0.25) is 0 Å². The number of carbonyl (C=O) groups excluding carboxylic acids is 2. The first kappa shape index (κ1) is 24.8. The number of halogens is 3. The van der Waals surface area contributed by atoms with Crippen molar-refractivity contribution in [3.05, 3.63) is 69.8 Å². The highest BCUT2D eigenvalue weighted by Crippen LogP contribution is 2.37. The van der Waals surface area contributed by atoms with Gasteiger partial charge in [-0.2, -0.15) is 13.2 Å². The minimum Gasteiger partial charge on any atom is -0.452 e. The summed E-state index contributed by atoms with van der Waals surface area (Å²) in [5.74, 6) is -2.42. The van der Waals surface area contributed by atoms with Gasteiger partial charge < -0.3 is 10.1 Å². The number of benzene rings is 2. The molecule has 7 nitrogen and oxygen atoms in total. The predicted octanol–water partition coefficient (Wildman–Crippen LogP) is 5.31. The zero-order valence-electron chi connectivity index (χ0n) is 17.7. The summed E-state index contributed by atoms with van der Waals surface area (Å²) in [6.45, 7) is 5.00. The molecule has 0 aliphatic rings. The second-order valence-corrected chi connectivity index (χ2v) is 7.33. The number of amides is 1. The van der Waals surface area contributed by atoms with Crippen LogP contribution in [0.3, 0.4) is 0 Å². The number of nitrogens with one attached hydrogen (secondary N) is 1. The van der Waals surface area contributed by atoms with Crippen LogP contribution in [0.5, 0.6) is 0 Å². The van der Waals surface area contributed by atoms with Gasteiger partial charge in [0.1, 0.15) is 0 Å². The number of carbonyl (C=O) groups is 2. The minimum absolute atomic E-state index is 0.105. The molecule has 2 aromatic carbocycles. The summed E-state index contributed by atoms with van der Waals surface area (Å²) < 4.78 is 45.2. The lowest BCUT2D eigenvalue weighted by molar-refractivity contribution is -0.385. The van der Waals surface area contributed by atoms with Gasteiger partial charge in [0.05, 0.1) is 22.1 Å². The van der Waals surface area contributed by atoms with E-state index in [0.29, 0.717) is 18.1 Å². The first-order valence-corrected chi connectivity index (χ1v) is 9.87. The summed E-state index contributed by atoms with van der Waals surface area (Å²) in [5.41, 5.74) is -2.11. The van der Waals surface area contributed by atoms with Crippen LogP contribution in [-0.2, 0) is 20.5 Å². The molecule has 3 atom stereocenters. The monoisotopic (exact) mass is 452 g/mol. The maximum atomic E-state index is 13.3. The molecule has 10 heteroatoms. The fraction of sp³-hybridized carbons (Fsp3) is 0.364. The van der Waals surface area contributed by atoms with Crippen LogP contribution in [0.1, 0.15) is 44.2 Å². The minimum atomic E-state index is -4.94. The number of alkyl halides is 3. The molecule has 0 aliphatic carbocycles. The average molecular weight is 452 g/mol. The van der Waals surface area contributed by atoms with Gasteiger partial charge in [-0.15, -0.1) is 0 Å². The summed E-state index contributed by atoms with van der Waals surface area (Å²) in [6.07, 6.45) is -5.68. The SMILES string of the molecule is CCC(C)C(C(=O)OC(C)C(=O)Nc1ccc([N+](=O)[O-])cc1C(F)(F)F)c1ccccc1. The first-order chi connectivity index (χ1) is 15.0. The van der Waals surface area contributed by atoms with Gasteiger partial charge in [0, 0.05) is 12.1 Å². The van der Waals surface area contributed by atoms with Crippen molar-refractivity contribution in [2.45, 2.75) is 45.4 Å². The maximum absolute atomic E-state index is 13.3. The van der Waals surface area contributed by atoms with Crippen LogP contribution in [0.25, 0.3) is 0 Å². The lowest BCUT2D eigenvalue weighted by atomic mass is 9.85. The number of nitro groups is 1. The molecule has 0 aliphatic heterocycles. The Kier molecular flexibility index (Phi) is 7.96. The summed E-state index contributed by atoms with van der Waals surface area (Å²) >= 11 is 0. The average Bonchev–Trinajstić information content (AvgIpc) is 2.73. The molecule has 2 aromatic rings. The highest BCUT2D eigenvalue weighted by molar-refractivity contribution is 5.96. The lowest BCUT2D eigenvalue weighted by Gasteiger charge is -2.24. The van der Waals surface area contributed by atoms with Gasteiger partial charge in [-0.05, 0) is 24.5 Å². The van der Waals surface area contributed by atoms with E-state index in [1.165, 1.54) is 6.92 Å². The Labute approximate surface area is 182 Å². The summed E-state index contributed by atoms with van der Waals surface area (Å²) in [5, 5.41) is 12.8. The standard InChI is InChI=1S/C22H23F3N2O5/c1-4-13(2)19(15-8-6-5-7-9-15)21(29)32-14(3)20(28)26-18-11-10-16(27(30)31)12-17(18)22(23,24)25/h5-14,19H,4H2,1-3H3,(H,26,28). The molecule has 1 amide bonds. The zero-order chi connectivity index (χ0) is 24.1. The van der Waals surface area contributed by atoms with Gasteiger partial charge >= 0.3 is 12.1 Å². The molecule has 0 spiro atoms. The number of hydrogen-bond donors (Lipinski definition) is 1. The van der Waals surface area contributed by atoms with Gasteiger partial charge in [-0.25, -0.2) is 0 Å². The number of nitrogens with zero attached hydrogens (tertiary/aromatic N) is 1. The van der Waals surface area contributed by atoms with E-state index in [0.717, 1.165) is 12.1 Å². The number of hydrogen-bond acceptors (Lipinski definition) is 5. The van der Waals surface area contributed by atoms with Gasteiger partial charge in [-0.3, -0.25) is 19.7 Å². The molecule has 0 heterocycles. The second kappa shape index (κ2) is 10.3.